The molecule has 2 rings (SSSR count). The molecule has 6 heteroatoms. The zero-order chi connectivity index (χ0) is 22.8. The molecule has 0 radical (unpaired) electrons. The molecule has 0 aromatic carbocycles. The highest BCUT2D eigenvalue weighted by Gasteiger charge is 2.41. The van der Waals surface area contributed by atoms with Gasteiger partial charge < -0.3 is 15.3 Å². The first-order valence-electron chi connectivity index (χ1n) is 12.1. The lowest BCUT2D eigenvalue weighted by Crippen LogP contribution is -2.23. The maximum atomic E-state index is 12.4. The molecule has 3 N–H and O–H groups in total. The molecule has 2 aliphatic carbocycles. The summed E-state index contributed by atoms with van der Waals surface area (Å²) < 4.78 is 0. The Balaban J connectivity index is 1.83. The zero-order valence-corrected chi connectivity index (χ0v) is 18.9. The van der Waals surface area contributed by atoms with Crippen LogP contribution in [0.15, 0.2) is 12.2 Å². The summed E-state index contributed by atoms with van der Waals surface area (Å²) >= 11 is 0. The van der Waals surface area contributed by atoms with Crippen molar-refractivity contribution in [2.45, 2.75) is 96.2 Å². The van der Waals surface area contributed by atoms with Gasteiger partial charge in [0.1, 0.15) is 18.2 Å². The average molecular weight is 437 g/mol. The Morgan fingerprint density at radius 1 is 1.13 bits per heavy atom. The monoisotopic (exact) mass is 436 g/mol. The first kappa shape index (κ1) is 25.9. The second kappa shape index (κ2) is 13.2. The van der Waals surface area contributed by atoms with E-state index in [1.807, 2.05) is 0 Å². The molecule has 6 atom stereocenters. The summed E-state index contributed by atoms with van der Waals surface area (Å²) in [5.41, 5.74) is 0. The number of ketones is 3. The number of Topliss-reactive ketones (excluding diaryl/α,β-unsaturated/α-hetero) is 3. The minimum absolute atomic E-state index is 0.0441. The molecule has 2 fully saturated rings. The average Bonchev–Trinajstić information content (AvgIpc) is 3.32. The van der Waals surface area contributed by atoms with Gasteiger partial charge in [-0.1, -0.05) is 44.8 Å². The Hall–Kier alpha value is -1.37. The van der Waals surface area contributed by atoms with E-state index in [1.54, 1.807) is 12.2 Å². The summed E-state index contributed by atoms with van der Waals surface area (Å²) in [5.74, 6) is -0.424. The first-order valence-corrected chi connectivity index (χ1v) is 12.1. The van der Waals surface area contributed by atoms with E-state index < -0.39 is 30.7 Å². The molecule has 0 aromatic rings. The molecule has 2 aliphatic rings. The van der Waals surface area contributed by atoms with E-state index in [9.17, 15) is 24.6 Å². The van der Waals surface area contributed by atoms with E-state index >= 15 is 0 Å². The van der Waals surface area contributed by atoms with Crippen molar-refractivity contribution in [3.8, 4) is 0 Å². The molecule has 0 saturated heterocycles. The van der Waals surface area contributed by atoms with Gasteiger partial charge in [0.25, 0.3) is 0 Å². The van der Waals surface area contributed by atoms with Gasteiger partial charge in [-0.15, -0.1) is 0 Å². The highest BCUT2D eigenvalue weighted by atomic mass is 16.3. The molecule has 0 aromatic heterocycles. The summed E-state index contributed by atoms with van der Waals surface area (Å²) in [5, 5.41) is 29.7. The second-order valence-corrected chi connectivity index (χ2v) is 9.53. The lowest BCUT2D eigenvalue weighted by Gasteiger charge is -2.19. The third kappa shape index (κ3) is 8.24. The number of aliphatic hydroxyl groups is 3. The summed E-state index contributed by atoms with van der Waals surface area (Å²) in [4.78, 5) is 35.8. The van der Waals surface area contributed by atoms with Crippen molar-refractivity contribution in [1.82, 2.24) is 0 Å². The minimum atomic E-state index is -0.809. The van der Waals surface area contributed by atoms with Crippen LogP contribution >= 0.6 is 0 Å². The standard InChI is InChI=1S/C25H40O6/c1-2-3-6-17-9-10-18(13-17)23(29)12-11-21-22(25(31)15-24(21)30)14-19(27)7-4-5-8-20(28)16-26/h11-12,17-18,21-24,26,29-30H,2-10,13-16H2,1H3/t17?,18?,21-,22-,23-,24-/m1/s1. The predicted octanol–water partition coefficient (Wildman–Crippen LogP) is 3.16. The maximum Gasteiger partial charge on any atom is 0.158 e. The van der Waals surface area contributed by atoms with Crippen LogP contribution in [0.1, 0.15) is 84.0 Å². The lowest BCUT2D eigenvalue weighted by atomic mass is 9.87. The minimum Gasteiger partial charge on any atom is -0.392 e. The molecule has 6 nitrogen and oxygen atoms in total. The van der Waals surface area contributed by atoms with E-state index in [0.29, 0.717) is 25.2 Å². The van der Waals surface area contributed by atoms with Gasteiger partial charge in [-0.3, -0.25) is 14.4 Å². The highest BCUT2D eigenvalue weighted by molar-refractivity contribution is 5.90. The third-order valence-corrected chi connectivity index (χ3v) is 7.08. The zero-order valence-electron chi connectivity index (χ0n) is 18.9. The van der Waals surface area contributed by atoms with E-state index in [4.69, 9.17) is 5.11 Å². The van der Waals surface area contributed by atoms with Crippen LogP contribution in [0.4, 0.5) is 0 Å². The number of hydrogen-bond acceptors (Lipinski definition) is 6. The van der Waals surface area contributed by atoms with Crippen molar-refractivity contribution < 1.29 is 29.7 Å². The number of carbonyl (C=O) groups is 3. The Morgan fingerprint density at radius 3 is 2.52 bits per heavy atom. The number of carbonyl (C=O) groups excluding carboxylic acids is 3. The fraction of sp³-hybridized carbons (Fsp3) is 0.800. The van der Waals surface area contributed by atoms with Gasteiger partial charge in [0, 0.05) is 37.5 Å². The molecular formula is C25H40O6. The summed E-state index contributed by atoms with van der Waals surface area (Å²) in [6.45, 7) is 1.72. The van der Waals surface area contributed by atoms with Crippen LogP contribution in [-0.2, 0) is 14.4 Å². The topological polar surface area (TPSA) is 112 Å². The van der Waals surface area contributed by atoms with Crippen LogP contribution < -0.4 is 0 Å². The number of rotatable bonds is 14. The largest absolute Gasteiger partial charge is 0.392 e. The molecule has 176 valence electrons. The molecule has 0 heterocycles. The van der Waals surface area contributed by atoms with Crippen LogP contribution in [-0.4, -0.2) is 51.5 Å². The van der Waals surface area contributed by atoms with E-state index in [1.165, 1.54) is 19.3 Å². The first-order chi connectivity index (χ1) is 14.8. The van der Waals surface area contributed by atoms with Crippen LogP contribution in [0.2, 0.25) is 0 Å². The smallest absolute Gasteiger partial charge is 0.158 e. The van der Waals surface area contributed by atoms with Crippen molar-refractivity contribution in [3.05, 3.63) is 12.2 Å². The maximum absolute atomic E-state index is 12.4. The van der Waals surface area contributed by atoms with Crippen LogP contribution in [0.25, 0.3) is 0 Å². The van der Waals surface area contributed by atoms with Gasteiger partial charge in [0.2, 0.25) is 0 Å². The molecule has 2 saturated carbocycles. The van der Waals surface area contributed by atoms with Gasteiger partial charge in [0.05, 0.1) is 12.2 Å². The van der Waals surface area contributed by atoms with Crippen molar-refractivity contribution in [2.75, 3.05) is 6.61 Å². The van der Waals surface area contributed by atoms with Crippen molar-refractivity contribution in [1.29, 1.82) is 0 Å². The Kier molecular flexibility index (Phi) is 11.1. The molecule has 0 bridgehead atoms. The SMILES string of the molecule is CCCCC1CCC([C@H](O)C=C[C@H]2[C@H](O)CC(=O)[C@@H]2CC(=O)CCCCC(=O)CO)C1. The molecule has 0 aliphatic heterocycles. The lowest BCUT2D eigenvalue weighted by molar-refractivity contribution is -0.127. The highest BCUT2D eigenvalue weighted by Crippen LogP contribution is 2.38. The van der Waals surface area contributed by atoms with Crippen LogP contribution in [0.3, 0.4) is 0 Å². The van der Waals surface area contributed by atoms with Gasteiger partial charge in [-0.25, -0.2) is 0 Å². The fourth-order valence-electron chi connectivity index (χ4n) is 5.14. The molecule has 0 amide bonds. The third-order valence-electron chi connectivity index (χ3n) is 7.08. The Bertz CT molecular complexity index is 628. The number of hydrogen-bond donors (Lipinski definition) is 3. The van der Waals surface area contributed by atoms with Crippen LogP contribution in [0, 0.1) is 23.7 Å². The summed E-state index contributed by atoms with van der Waals surface area (Å²) in [7, 11) is 0. The number of aliphatic hydroxyl groups excluding tert-OH is 3. The fourth-order valence-corrected chi connectivity index (χ4v) is 5.14. The molecule has 0 spiro atoms. The van der Waals surface area contributed by atoms with E-state index in [2.05, 4.69) is 6.92 Å². The van der Waals surface area contributed by atoms with Crippen molar-refractivity contribution >= 4 is 17.3 Å². The van der Waals surface area contributed by atoms with Gasteiger partial charge >= 0.3 is 0 Å². The summed E-state index contributed by atoms with van der Waals surface area (Å²) in [6.07, 6.45) is 10.7. The normalized spacial score (nSPS) is 29.7. The molecular weight excluding hydrogens is 396 g/mol. The van der Waals surface area contributed by atoms with Crippen molar-refractivity contribution in [2.24, 2.45) is 23.7 Å². The van der Waals surface area contributed by atoms with Gasteiger partial charge in [0.15, 0.2) is 5.78 Å². The van der Waals surface area contributed by atoms with Crippen LogP contribution in [0.5, 0.6) is 0 Å². The predicted molar refractivity (Wildman–Crippen MR) is 118 cm³/mol. The van der Waals surface area contributed by atoms with E-state index in [0.717, 1.165) is 19.3 Å². The molecule has 2 unspecified atom stereocenters. The molecule has 31 heavy (non-hydrogen) atoms. The quantitative estimate of drug-likeness (QED) is 0.285. The number of unbranched alkanes of at least 4 members (excludes halogenated alkanes) is 2. The Labute approximate surface area is 186 Å². The van der Waals surface area contributed by atoms with Gasteiger partial charge in [-0.2, -0.15) is 0 Å². The summed E-state index contributed by atoms with van der Waals surface area (Å²) in [6, 6.07) is 0. The van der Waals surface area contributed by atoms with E-state index in [-0.39, 0.29) is 42.5 Å². The van der Waals surface area contributed by atoms with Gasteiger partial charge in [-0.05, 0) is 37.5 Å². The van der Waals surface area contributed by atoms with Crippen molar-refractivity contribution in [3.63, 3.8) is 0 Å². The second-order valence-electron chi connectivity index (χ2n) is 9.53. The Morgan fingerprint density at radius 2 is 1.84 bits per heavy atom.